The smallest absolute Gasteiger partial charge is 0.153 e. The van der Waals surface area contributed by atoms with Crippen molar-refractivity contribution < 1.29 is 0 Å². The first kappa shape index (κ1) is 12.0. The molecule has 1 aromatic heterocycles. The van der Waals surface area contributed by atoms with Gasteiger partial charge in [0.25, 0.3) is 0 Å². The molecule has 6 heteroatoms. The zero-order valence-corrected chi connectivity index (χ0v) is 10.5. The average Bonchev–Trinajstić information content (AvgIpc) is 2.29. The second-order valence-electron chi connectivity index (χ2n) is 3.55. The molecule has 0 radical (unpaired) electrons. The van der Waals surface area contributed by atoms with E-state index in [4.69, 9.17) is 28.9 Å². The first-order valence-corrected chi connectivity index (χ1v) is 5.64. The van der Waals surface area contributed by atoms with Crippen LogP contribution in [0.15, 0.2) is 24.3 Å². The minimum atomic E-state index is 0.364. The van der Waals surface area contributed by atoms with E-state index in [2.05, 4.69) is 15.5 Å². The van der Waals surface area contributed by atoms with Crippen LogP contribution in [0.5, 0.6) is 0 Å². The van der Waals surface area contributed by atoms with Crippen LogP contribution in [0.3, 0.4) is 0 Å². The van der Waals surface area contributed by atoms with Crippen molar-refractivity contribution in [1.82, 2.24) is 10.2 Å². The van der Waals surface area contributed by atoms with Crippen LogP contribution in [0, 0.1) is 6.92 Å². The van der Waals surface area contributed by atoms with Crippen molar-refractivity contribution in [1.29, 1.82) is 0 Å². The SMILES string of the molecule is Cc1cc(Cl)c(Nc2ccc(N)nn2)cc1Cl. The molecule has 0 amide bonds. The highest BCUT2D eigenvalue weighted by Gasteiger charge is 2.05. The van der Waals surface area contributed by atoms with Gasteiger partial charge in [-0.05, 0) is 36.8 Å². The quantitative estimate of drug-likeness (QED) is 0.876. The summed E-state index contributed by atoms with van der Waals surface area (Å²) >= 11 is 12.1. The number of hydrogen-bond acceptors (Lipinski definition) is 4. The molecule has 2 rings (SSSR count). The number of nitrogens with zero attached hydrogens (tertiary/aromatic N) is 2. The van der Waals surface area contributed by atoms with Crippen molar-refractivity contribution in [2.24, 2.45) is 0 Å². The Hall–Kier alpha value is -1.52. The highest BCUT2D eigenvalue weighted by Crippen LogP contribution is 2.30. The lowest BCUT2D eigenvalue weighted by Crippen LogP contribution is -1.98. The molecule has 0 aliphatic carbocycles. The van der Waals surface area contributed by atoms with E-state index in [1.54, 1.807) is 24.3 Å². The molecule has 0 spiro atoms. The summed E-state index contributed by atoms with van der Waals surface area (Å²) in [4.78, 5) is 0. The third-order valence-electron chi connectivity index (χ3n) is 2.20. The number of aryl methyl sites for hydroxylation is 1. The predicted octanol–water partition coefficient (Wildman–Crippen LogP) is 3.42. The lowest BCUT2D eigenvalue weighted by molar-refractivity contribution is 1.05. The number of hydrogen-bond donors (Lipinski definition) is 2. The molecule has 0 bridgehead atoms. The topological polar surface area (TPSA) is 63.8 Å². The van der Waals surface area contributed by atoms with Gasteiger partial charge in [0, 0.05) is 5.02 Å². The number of benzene rings is 1. The van der Waals surface area contributed by atoms with Gasteiger partial charge in [0.05, 0.1) is 10.7 Å². The molecule has 0 saturated heterocycles. The molecule has 0 atom stereocenters. The summed E-state index contributed by atoms with van der Waals surface area (Å²) in [5, 5.41) is 11.8. The molecule has 0 fully saturated rings. The Morgan fingerprint density at radius 2 is 1.88 bits per heavy atom. The molecule has 0 aliphatic rings. The van der Waals surface area contributed by atoms with Gasteiger partial charge in [-0.3, -0.25) is 0 Å². The van der Waals surface area contributed by atoms with E-state index in [9.17, 15) is 0 Å². The van der Waals surface area contributed by atoms with E-state index in [1.165, 1.54) is 0 Å². The molecule has 1 heterocycles. The Morgan fingerprint density at radius 3 is 2.53 bits per heavy atom. The number of rotatable bonds is 2. The van der Waals surface area contributed by atoms with Crippen molar-refractivity contribution >= 4 is 40.5 Å². The van der Waals surface area contributed by atoms with Crippen LogP contribution < -0.4 is 11.1 Å². The Labute approximate surface area is 109 Å². The number of anilines is 3. The van der Waals surface area contributed by atoms with Crippen molar-refractivity contribution in [2.75, 3.05) is 11.1 Å². The molecule has 1 aromatic carbocycles. The summed E-state index contributed by atoms with van der Waals surface area (Å²) in [7, 11) is 0. The molecule has 0 saturated carbocycles. The number of halogens is 2. The van der Waals surface area contributed by atoms with Crippen LogP contribution in [0.4, 0.5) is 17.3 Å². The summed E-state index contributed by atoms with van der Waals surface area (Å²) in [6.07, 6.45) is 0. The van der Waals surface area contributed by atoms with Gasteiger partial charge >= 0.3 is 0 Å². The molecule has 0 aliphatic heterocycles. The normalized spacial score (nSPS) is 10.3. The summed E-state index contributed by atoms with van der Waals surface area (Å²) in [6.45, 7) is 1.89. The molecule has 17 heavy (non-hydrogen) atoms. The van der Waals surface area contributed by atoms with Gasteiger partial charge in [-0.2, -0.15) is 0 Å². The van der Waals surface area contributed by atoms with E-state index in [0.717, 1.165) is 5.56 Å². The lowest BCUT2D eigenvalue weighted by atomic mass is 10.2. The fourth-order valence-electron chi connectivity index (χ4n) is 1.29. The summed E-state index contributed by atoms with van der Waals surface area (Å²) < 4.78 is 0. The maximum atomic E-state index is 6.09. The van der Waals surface area contributed by atoms with E-state index in [1.807, 2.05) is 6.92 Å². The fourth-order valence-corrected chi connectivity index (χ4v) is 1.72. The molecular formula is C11H10Cl2N4. The predicted molar refractivity (Wildman–Crippen MR) is 70.9 cm³/mol. The highest BCUT2D eigenvalue weighted by molar-refractivity contribution is 6.35. The molecular weight excluding hydrogens is 259 g/mol. The summed E-state index contributed by atoms with van der Waals surface area (Å²) in [5.74, 6) is 0.921. The number of nitrogens with two attached hydrogens (primary N) is 1. The van der Waals surface area contributed by atoms with Gasteiger partial charge in [-0.25, -0.2) is 0 Å². The van der Waals surface area contributed by atoms with E-state index in [-0.39, 0.29) is 0 Å². The Bertz CT molecular complexity index is 540. The lowest BCUT2D eigenvalue weighted by Gasteiger charge is -2.09. The average molecular weight is 269 g/mol. The molecule has 4 nitrogen and oxygen atoms in total. The van der Waals surface area contributed by atoms with E-state index < -0.39 is 0 Å². The molecule has 88 valence electrons. The zero-order chi connectivity index (χ0) is 12.4. The monoisotopic (exact) mass is 268 g/mol. The van der Waals surface area contributed by atoms with Crippen LogP contribution in [0.2, 0.25) is 10.0 Å². The van der Waals surface area contributed by atoms with Crippen molar-refractivity contribution in [3.63, 3.8) is 0 Å². The van der Waals surface area contributed by atoms with Crippen LogP contribution in [0.25, 0.3) is 0 Å². The standard InChI is InChI=1S/C11H10Cl2N4/c1-6-4-8(13)9(5-7(6)12)15-11-3-2-10(14)16-17-11/h2-5H,1H3,(H2,14,16)(H,15,17). The van der Waals surface area contributed by atoms with Crippen molar-refractivity contribution in [3.05, 3.63) is 39.9 Å². The Morgan fingerprint density at radius 1 is 1.12 bits per heavy atom. The largest absolute Gasteiger partial charge is 0.382 e. The second-order valence-corrected chi connectivity index (χ2v) is 4.36. The maximum absolute atomic E-state index is 6.09. The second kappa shape index (κ2) is 4.77. The fraction of sp³-hybridized carbons (Fsp3) is 0.0909. The molecule has 0 unspecified atom stereocenters. The van der Waals surface area contributed by atoms with Crippen molar-refractivity contribution in [3.8, 4) is 0 Å². The molecule has 3 N–H and O–H groups in total. The van der Waals surface area contributed by atoms with Crippen LogP contribution in [-0.4, -0.2) is 10.2 Å². The van der Waals surface area contributed by atoms with Gasteiger partial charge in [-0.1, -0.05) is 23.2 Å². The minimum Gasteiger partial charge on any atom is -0.382 e. The highest BCUT2D eigenvalue weighted by atomic mass is 35.5. The third kappa shape index (κ3) is 2.78. The first-order valence-electron chi connectivity index (χ1n) is 4.88. The van der Waals surface area contributed by atoms with Crippen LogP contribution in [0.1, 0.15) is 5.56 Å². The van der Waals surface area contributed by atoms with Gasteiger partial charge in [0.1, 0.15) is 5.82 Å². The maximum Gasteiger partial charge on any atom is 0.153 e. The van der Waals surface area contributed by atoms with E-state index >= 15 is 0 Å². The third-order valence-corrected chi connectivity index (χ3v) is 2.92. The van der Waals surface area contributed by atoms with Gasteiger partial charge in [-0.15, -0.1) is 10.2 Å². The van der Waals surface area contributed by atoms with Crippen LogP contribution in [-0.2, 0) is 0 Å². The van der Waals surface area contributed by atoms with Gasteiger partial charge < -0.3 is 11.1 Å². The Kier molecular flexibility index (Phi) is 3.36. The van der Waals surface area contributed by atoms with Gasteiger partial charge in [0.2, 0.25) is 0 Å². The number of nitrogen functional groups attached to an aromatic ring is 1. The van der Waals surface area contributed by atoms with Crippen molar-refractivity contribution in [2.45, 2.75) is 6.92 Å². The zero-order valence-electron chi connectivity index (χ0n) is 9.04. The van der Waals surface area contributed by atoms with E-state index in [0.29, 0.717) is 27.4 Å². The summed E-state index contributed by atoms with van der Waals surface area (Å²) in [5.41, 5.74) is 7.05. The molecule has 2 aromatic rings. The number of aromatic nitrogens is 2. The van der Waals surface area contributed by atoms with Gasteiger partial charge in [0.15, 0.2) is 5.82 Å². The number of nitrogens with one attached hydrogen (secondary N) is 1. The Balaban J connectivity index is 2.30. The summed E-state index contributed by atoms with van der Waals surface area (Å²) in [6, 6.07) is 6.90. The first-order chi connectivity index (χ1) is 8.06. The minimum absolute atomic E-state index is 0.364. The van der Waals surface area contributed by atoms with Crippen LogP contribution >= 0.6 is 23.2 Å².